The van der Waals surface area contributed by atoms with Gasteiger partial charge in [-0.2, -0.15) is 8.42 Å². The molecule has 0 spiro atoms. The maximum atomic E-state index is 12.0. The summed E-state index contributed by atoms with van der Waals surface area (Å²) in [6.45, 7) is 5.54. The second kappa shape index (κ2) is 10.4. The summed E-state index contributed by atoms with van der Waals surface area (Å²) in [5, 5.41) is 4.26. The number of hydrogen-bond acceptors (Lipinski definition) is 3. The van der Waals surface area contributed by atoms with Gasteiger partial charge in [0.25, 0.3) is 10.1 Å². The van der Waals surface area contributed by atoms with Crippen LogP contribution in [0.1, 0.15) is 19.4 Å². The monoisotopic (exact) mass is 415 g/mol. The van der Waals surface area contributed by atoms with Gasteiger partial charge in [-0.25, -0.2) is 0 Å². The summed E-state index contributed by atoms with van der Waals surface area (Å²) in [5.41, 5.74) is 1.35. The molecule has 0 N–H and O–H groups in total. The molecule has 0 atom stereocenters. The van der Waals surface area contributed by atoms with Gasteiger partial charge in [0.05, 0.1) is 6.10 Å². The van der Waals surface area contributed by atoms with Gasteiger partial charge in [-0.1, -0.05) is 78.9 Å². The smallest absolute Gasteiger partial charge is 0.264 e. The molecule has 3 nitrogen and oxygen atoms in total. The Morgan fingerprint density at radius 1 is 0.690 bits per heavy atom. The Morgan fingerprint density at radius 2 is 1.17 bits per heavy atom. The van der Waals surface area contributed by atoms with Crippen molar-refractivity contribution in [2.24, 2.45) is 0 Å². The van der Waals surface area contributed by atoms with Crippen LogP contribution in [-0.4, -0.2) is 44.1 Å². The molecule has 0 saturated heterocycles. The van der Waals surface area contributed by atoms with Crippen LogP contribution in [0, 0.1) is 6.92 Å². The number of rotatable bonds is 3. The molecular formula is C24H24NaO3S. The minimum Gasteiger partial charge on any atom is -0.264 e. The van der Waals surface area contributed by atoms with Crippen LogP contribution in [0.4, 0.5) is 0 Å². The van der Waals surface area contributed by atoms with Gasteiger partial charge in [-0.3, -0.25) is 4.18 Å². The van der Waals surface area contributed by atoms with Gasteiger partial charge in [0.2, 0.25) is 0 Å². The quantitative estimate of drug-likeness (QED) is 0.317. The van der Waals surface area contributed by atoms with Crippen molar-refractivity contribution < 1.29 is 12.6 Å². The molecule has 0 unspecified atom stereocenters. The molecule has 0 fully saturated rings. The number of hydrogen-bond donors (Lipinski definition) is 0. The standard InChI is InChI=1S/C13H14O3S.C11H10.Na/c1-10(2)16-17(14,15)13-9-5-7-11-6-3-4-8-12(11)13;1-9-5-4-7-10-6-2-3-8-11(9)10;/h3-10H,1-2H3;2-8H,1H3;. The molecule has 4 aromatic carbocycles. The average Bonchev–Trinajstić information content (AvgIpc) is 2.67. The van der Waals surface area contributed by atoms with Crippen LogP contribution in [0.25, 0.3) is 21.5 Å². The molecule has 0 aliphatic rings. The first kappa shape index (κ1) is 23.6. The molecule has 0 heterocycles. The minimum absolute atomic E-state index is 0. The normalized spacial score (nSPS) is 11.0. The van der Waals surface area contributed by atoms with Crippen molar-refractivity contribution in [3.63, 3.8) is 0 Å². The van der Waals surface area contributed by atoms with E-state index >= 15 is 0 Å². The van der Waals surface area contributed by atoms with E-state index in [0.717, 1.165) is 5.39 Å². The summed E-state index contributed by atoms with van der Waals surface area (Å²) in [6.07, 6.45) is -0.362. The third-order valence-corrected chi connectivity index (χ3v) is 5.88. The zero-order valence-corrected chi connectivity index (χ0v) is 20.1. The molecule has 0 saturated carbocycles. The van der Waals surface area contributed by atoms with E-state index in [1.54, 1.807) is 32.0 Å². The molecule has 29 heavy (non-hydrogen) atoms. The van der Waals surface area contributed by atoms with Gasteiger partial charge in [0, 0.05) is 34.9 Å². The van der Waals surface area contributed by atoms with Gasteiger partial charge in [0.15, 0.2) is 0 Å². The SMILES string of the molecule is CC(C)OS(=O)(=O)c1cccc2ccccc12.Cc1cccc2ccccc12.[Na]. The van der Waals surface area contributed by atoms with Crippen LogP contribution in [0.5, 0.6) is 0 Å². The fraction of sp³-hybridized carbons (Fsp3) is 0.167. The minimum atomic E-state index is -3.69. The van der Waals surface area contributed by atoms with Crippen molar-refractivity contribution in [3.8, 4) is 0 Å². The van der Waals surface area contributed by atoms with Crippen LogP contribution in [-0.2, 0) is 14.3 Å². The van der Waals surface area contributed by atoms with Crippen molar-refractivity contribution in [2.75, 3.05) is 0 Å². The van der Waals surface area contributed by atoms with E-state index in [2.05, 4.69) is 49.4 Å². The van der Waals surface area contributed by atoms with Crippen molar-refractivity contribution >= 4 is 61.2 Å². The molecule has 0 amide bonds. The maximum absolute atomic E-state index is 12.0. The molecule has 4 aromatic rings. The first-order chi connectivity index (χ1) is 13.4. The van der Waals surface area contributed by atoms with E-state index < -0.39 is 10.1 Å². The van der Waals surface area contributed by atoms with Crippen LogP contribution in [0.2, 0.25) is 0 Å². The van der Waals surface area contributed by atoms with E-state index in [1.807, 2.05) is 24.3 Å². The molecular weight excluding hydrogens is 391 g/mol. The van der Waals surface area contributed by atoms with E-state index in [9.17, 15) is 8.42 Å². The van der Waals surface area contributed by atoms with Gasteiger partial charge in [-0.15, -0.1) is 0 Å². The number of benzene rings is 4. The van der Waals surface area contributed by atoms with Gasteiger partial charge in [0.1, 0.15) is 4.90 Å². The van der Waals surface area contributed by atoms with Gasteiger partial charge >= 0.3 is 0 Å². The van der Waals surface area contributed by atoms with E-state index in [4.69, 9.17) is 4.18 Å². The molecule has 0 aliphatic heterocycles. The van der Waals surface area contributed by atoms with Crippen LogP contribution in [0.3, 0.4) is 0 Å². The Bertz CT molecular complexity index is 1190. The van der Waals surface area contributed by atoms with Crippen LogP contribution >= 0.6 is 0 Å². The van der Waals surface area contributed by atoms with Gasteiger partial charge < -0.3 is 0 Å². The Balaban J connectivity index is 0.000000217. The fourth-order valence-corrected chi connectivity index (χ4v) is 4.42. The van der Waals surface area contributed by atoms with E-state index in [1.165, 1.54) is 16.3 Å². The van der Waals surface area contributed by atoms with Gasteiger partial charge in [-0.05, 0) is 48.6 Å². The predicted octanol–water partition coefficient (Wildman–Crippen LogP) is 5.72. The first-order valence-corrected chi connectivity index (χ1v) is 10.6. The first-order valence-electron chi connectivity index (χ1n) is 9.24. The second-order valence-electron chi connectivity index (χ2n) is 6.87. The largest absolute Gasteiger partial charge is 0.297 e. The summed E-state index contributed by atoms with van der Waals surface area (Å²) in [6, 6.07) is 27.4. The zero-order valence-electron chi connectivity index (χ0n) is 17.3. The Labute approximate surface area is 195 Å². The Kier molecular flexibility index (Phi) is 8.44. The summed E-state index contributed by atoms with van der Waals surface area (Å²) >= 11 is 0. The molecule has 4 rings (SSSR count). The molecule has 1 radical (unpaired) electrons. The fourth-order valence-electron chi connectivity index (χ4n) is 3.11. The molecule has 0 aliphatic carbocycles. The van der Waals surface area contributed by atoms with Crippen molar-refractivity contribution in [1.82, 2.24) is 0 Å². The topological polar surface area (TPSA) is 43.4 Å². The third kappa shape index (κ3) is 5.91. The predicted molar refractivity (Wildman–Crippen MR) is 122 cm³/mol. The van der Waals surface area contributed by atoms with E-state index in [-0.39, 0.29) is 40.6 Å². The summed E-state index contributed by atoms with van der Waals surface area (Å²) in [5.74, 6) is 0. The summed E-state index contributed by atoms with van der Waals surface area (Å²) in [4.78, 5) is 0.226. The second-order valence-corrected chi connectivity index (χ2v) is 8.41. The summed E-state index contributed by atoms with van der Waals surface area (Å²) < 4.78 is 29.1. The molecule has 5 heteroatoms. The Morgan fingerprint density at radius 3 is 1.76 bits per heavy atom. The zero-order chi connectivity index (χ0) is 20.1. The average molecular weight is 416 g/mol. The molecule has 0 bridgehead atoms. The maximum Gasteiger partial charge on any atom is 0.297 e. The van der Waals surface area contributed by atoms with Crippen molar-refractivity contribution in [3.05, 3.63) is 90.5 Å². The molecule has 145 valence electrons. The van der Waals surface area contributed by atoms with Crippen LogP contribution in [0.15, 0.2) is 89.8 Å². The third-order valence-electron chi connectivity index (χ3n) is 4.35. The number of fused-ring (bicyclic) bond motifs is 2. The van der Waals surface area contributed by atoms with Crippen molar-refractivity contribution in [2.45, 2.75) is 31.8 Å². The summed E-state index contributed by atoms with van der Waals surface area (Å²) in [7, 11) is -3.69. The molecule has 0 aromatic heterocycles. The van der Waals surface area contributed by atoms with E-state index in [0.29, 0.717) is 5.39 Å². The number of aryl methyl sites for hydroxylation is 1. The van der Waals surface area contributed by atoms with Crippen LogP contribution < -0.4 is 0 Å². The Hall–Kier alpha value is -1.69. The van der Waals surface area contributed by atoms with Crippen molar-refractivity contribution in [1.29, 1.82) is 0 Å².